The molecular weight excluding hydrogens is 240 g/mol. The number of anilines is 1. The molecule has 0 atom stereocenters. The quantitative estimate of drug-likeness (QED) is 0.847. The minimum absolute atomic E-state index is 0.497. The van der Waals surface area contributed by atoms with Gasteiger partial charge in [-0.15, -0.1) is 11.8 Å². The molecule has 1 heterocycles. The second kappa shape index (κ2) is 5.54. The number of piperidine rings is 1. The van der Waals surface area contributed by atoms with Crippen molar-refractivity contribution in [3.05, 3.63) is 23.8 Å². The molecule has 2 rings (SSSR count). The zero-order valence-corrected chi connectivity index (χ0v) is 12.5. The summed E-state index contributed by atoms with van der Waals surface area (Å²) in [5.41, 5.74) is 9.10. The van der Waals surface area contributed by atoms with Crippen LogP contribution in [0.25, 0.3) is 0 Å². The highest BCUT2D eigenvalue weighted by Gasteiger charge is 2.26. The number of nitrogens with zero attached hydrogens (tertiary/aromatic N) is 1. The Morgan fingerprint density at radius 1 is 1.28 bits per heavy atom. The van der Waals surface area contributed by atoms with Crippen LogP contribution in [0.1, 0.15) is 32.3 Å². The summed E-state index contributed by atoms with van der Waals surface area (Å²) in [5, 5.41) is 0. The molecule has 1 fully saturated rings. The highest BCUT2D eigenvalue weighted by atomic mass is 32.2. The maximum Gasteiger partial charge on any atom is 0.0423 e. The van der Waals surface area contributed by atoms with E-state index in [9.17, 15) is 0 Å². The summed E-state index contributed by atoms with van der Waals surface area (Å²) in [5.74, 6) is 0. The van der Waals surface area contributed by atoms with Crippen molar-refractivity contribution in [1.29, 1.82) is 0 Å². The second-order valence-corrected chi connectivity index (χ2v) is 6.66. The van der Waals surface area contributed by atoms with E-state index in [-0.39, 0.29) is 0 Å². The van der Waals surface area contributed by atoms with Crippen molar-refractivity contribution in [2.45, 2.75) is 38.1 Å². The first-order valence-corrected chi connectivity index (χ1v) is 7.91. The Morgan fingerprint density at radius 2 is 1.94 bits per heavy atom. The first-order chi connectivity index (χ1) is 8.57. The van der Waals surface area contributed by atoms with Crippen molar-refractivity contribution >= 4 is 17.4 Å². The van der Waals surface area contributed by atoms with Gasteiger partial charge in [-0.1, -0.05) is 19.9 Å². The Balaban J connectivity index is 2.23. The maximum atomic E-state index is 5.95. The van der Waals surface area contributed by atoms with Crippen molar-refractivity contribution in [3.8, 4) is 0 Å². The molecule has 3 heteroatoms. The van der Waals surface area contributed by atoms with Crippen LogP contribution in [0, 0.1) is 5.41 Å². The van der Waals surface area contributed by atoms with Gasteiger partial charge in [-0.3, -0.25) is 0 Å². The Bertz CT molecular complexity index is 405. The first kappa shape index (κ1) is 13.8. The SMILES string of the molecule is CSc1cccc(N2CCC(C)(C)CC2)c1CN. The van der Waals surface area contributed by atoms with Crippen molar-refractivity contribution in [2.24, 2.45) is 11.1 Å². The third kappa shape index (κ3) is 2.83. The van der Waals surface area contributed by atoms with Crippen LogP contribution in [-0.4, -0.2) is 19.3 Å². The van der Waals surface area contributed by atoms with E-state index in [0.29, 0.717) is 12.0 Å². The molecule has 1 aromatic rings. The molecule has 0 aromatic heterocycles. The van der Waals surface area contributed by atoms with E-state index >= 15 is 0 Å². The fourth-order valence-electron chi connectivity index (χ4n) is 2.60. The molecule has 0 bridgehead atoms. The lowest BCUT2D eigenvalue weighted by molar-refractivity contribution is 0.279. The summed E-state index contributed by atoms with van der Waals surface area (Å²) in [4.78, 5) is 3.83. The summed E-state index contributed by atoms with van der Waals surface area (Å²) in [6, 6.07) is 6.55. The standard InChI is InChI=1S/C15H24N2S/c1-15(2)7-9-17(10-8-15)13-5-4-6-14(18-3)12(13)11-16/h4-6H,7-11,16H2,1-3H3. The summed E-state index contributed by atoms with van der Waals surface area (Å²) in [6.45, 7) is 7.67. The molecule has 0 aliphatic carbocycles. The maximum absolute atomic E-state index is 5.95. The molecule has 18 heavy (non-hydrogen) atoms. The van der Waals surface area contributed by atoms with Crippen LogP contribution in [0.2, 0.25) is 0 Å². The largest absolute Gasteiger partial charge is 0.371 e. The zero-order valence-electron chi connectivity index (χ0n) is 11.7. The lowest BCUT2D eigenvalue weighted by atomic mass is 9.82. The lowest BCUT2D eigenvalue weighted by Gasteiger charge is -2.39. The van der Waals surface area contributed by atoms with Crippen molar-refractivity contribution in [2.75, 3.05) is 24.2 Å². The molecule has 100 valence electrons. The van der Waals surface area contributed by atoms with Gasteiger partial charge in [0, 0.05) is 35.8 Å². The third-order valence-corrected chi connectivity index (χ3v) is 4.81. The second-order valence-electron chi connectivity index (χ2n) is 5.81. The van der Waals surface area contributed by atoms with E-state index in [2.05, 4.69) is 43.2 Å². The molecular formula is C15H24N2S. The average Bonchev–Trinajstić information content (AvgIpc) is 2.37. The number of benzene rings is 1. The van der Waals surface area contributed by atoms with Crippen molar-refractivity contribution in [3.63, 3.8) is 0 Å². The fourth-order valence-corrected chi connectivity index (χ4v) is 3.25. The predicted octanol–water partition coefficient (Wildman–Crippen LogP) is 3.49. The van der Waals surface area contributed by atoms with Gasteiger partial charge in [-0.05, 0) is 36.6 Å². The van der Waals surface area contributed by atoms with E-state index in [1.807, 2.05) is 0 Å². The molecule has 1 aliphatic rings. The molecule has 0 saturated carbocycles. The smallest absolute Gasteiger partial charge is 0.0423 e. The Kier molecular flexibility index (Phi) is 4.23. The number of thioether (sulfide) groups is 1. The predicted molar refractivity (Wildman–Crippen MR) is 81.3 cm³/mol. The topological polar surface area (TPSA) is 29.3 Å². The van der Waals surface area contributed by atoms with Crippen molar-refractivity contribution in [1.82, 2.24) is 0 Å². The number of hydrogen-bond donors (Lipinski definition) is 1. The molecule has 0 spiro atoms. The van der Waals surface area contributed by atoms with E-state index in [4.69, 9.17) is 5.73 Å². The van der Waals surface area contributed by atoms with Crippen LogP contribution >= 0.6 is 11.8 Å². The molecule has 1 aliphatic heterocycles. The zero-order chi connectivity index (χ0) is 13.2. The molecule has 2 nitrogen and oxygen atoms in total. The monoisotopic (exact) mass is 264 g/mol. The summed E-state index contributed by atoms with van der Waals surface area (Å²) >= 11 is 1.79. The van der Waals surface area contributed by atoms with Gasteiger partial charge in [0.1, 0.15) is 0 Å². The van der Waals surface area contributed by atoms with E-state index < -0.39 is 0 Å². The Hall–Kier alpha value is -0.670. The number of hydrogen-bond acceptors (Lipinski definition) is 3. The minimum Gasteiger partial charge on any atom is -0.371 e. The van der Waals surface area contributed by atoms with Crippen LogP contribution in [0.3, 0.4) is 0 Å². The minimum atomic E-state index is 0.497. The highest BCUT2D eigenvalue weighted by Crippen LogP contribution is 2.35. The summed E-state index contributed by atoms with van der Waals surface area (Å²) in [7, 11) is 0. The molecule has 0 radical (unpaired) electrons. The summed E-state index contributed by atoms with van der Waals surface area (Å²) in [6.07, 6.45) is 4.65. The van der Waals surface area contributed by atoms with Crippen LogP contribution in [0.15, 0.2) is 23.1 Å². The summed E-state index contributed by atoms with van der Waals surface area (Å²) < 4.78 is 0. The van der Waals surface area contributed by atoms with Crippen molar-refractivity contribution < 1.29 is 0 Å². The van der Waals surface area contributed by atoms with Gasteiger partial charge < -0.3 is 10.6 Å². The average molecular weight is 264 g/mol. The molecule has 1 aromatic carbocycles. The first-order valence-electron chi connectivity index (χ1n) is 6.68. The molecule has 2 N–H and O–H groups in total. The third-order valence-electron chi connectivity index (χ3n) is 3.99. The van der Waals surface area contributed by atoms with Gasteiger partial charge in [0.15, 0.2) is 0 Å². The fraction of sp³-hybridized carbons (Fsp3) is 0.600. The van der Waals surface area contributed by atoms with Crippen LogP contribution in [0.4, 0.5) is 5.69 Å². The van der Waals surface area contributed by atoms with E-state index in [1.54, 1.807) is 11.8 Å². The van der Waals surface area contributed by atoms with Gasteiger partial charge in [-0.2, -0.15) is 0 Å². The Labute approximate surface area is 115 Å². The van der Waals surface area contributed by atoms with Gasteiger partial charge >= 0.3 is 0 Å². The molecule has 0 amide bonds. The Morgan fingerprint density at radius 3 is 2.50 bits per heavy atom. The molecule has 1 saturated heterocycles. The highest BCUT2D eigenvalue weighted by molar-refractivity contribution is 7.98. The normalized spacial score (nSPS) is 19.0. The van der Waals surface area contributed by atoms with Crippen LogP contribution in [0.5, 0.6) is 0 Å². The van der Waals surface area contributed by atoms with Crippen LogP contribution < -0.4 is 10.6 Å². The van der Waals surface area contributed by atoms with Gasteiger partial charge in [0.2, 0.25) is 0 Å². The molecule has 0 unspecified atom stereocenters. The van der Waals surface area contributed by atoms with Gasteiger partial charge in [-0.25, -0.2) is 0 Å². The number of rotatable bonds is 3. The van der Waals surface area contributed by atoms with Gasteiger partial charge in [0.05, 0.1) is 0 Å². The van der Waals surface area contributed by atoms with E-state index in [1.165, 1.54) is 29.0 Å². The lowest BCUT2D eigenvalue weighted by Crippen LogP contribution is -2.38. The van der Waals surface area contributed by atoms with E-state index in [0.717, 1.165) is 13.1 Å². The van der Waals surface area contributed by atoms with Crippen LogP contribution in [-0.2, 0) is 6.54 Å². The number of nitrogens with two attached hydrogens (primary N) is 1. The van der Waals surface area contributed by atoms with Gasteiger partial charge in [0.25, 0.3) is 0 Å².